The molecular weight excluding hydrogens is 685 g/mol. The van der Waals surface area contributed by atoms with Crippen molar-refractivity contribution in [3.05, 3.63) is 182 Å². The molecule has 5 heteroatoms. The second kappa shape index (κ2) is 11.9. The minimum atomic E-state index is 0.565. The fourth-order valence-corrected chi connectivity index (χ4v) is 8.53. The molecule has 5 nitrogen and oxygen atoms in total. The van der Waals surface area contributed by atoms with Gasteiger partial charge in [0, 0.05) is 38.2 Å². The third-order valence-corrected chi connectivity index (χ3v) is 11.2. The Labute approximate surface area is 320 Å². The molecule has 56 heavy (non-hydrogen) atoms. The molecule has 0 saturated heterocycles. The van der Waals surface area contributed by atoms with Gasteiger partial charge < -0.3 is 8.98 Å². The minimum Gasteiger partial charge on any atom is -0.456 e. The molecule has 3 heterocycles. The minimum absolute atomic E-state index is 0.565. The number of aromatic nitrogens is 4. The van der Waals surface area contributed by atoms with E-state index in [1.807, 2.05) is 12.1 Å². The van der Waals surface area contributed by atoms with Crippen LogP contribution in [-0.4, -0.2) is 19.5 Å². The quantitative estimate of drug-likeness (QED) is 0.182. The fraction of sp³-hybridized carbons (Fsp3) is 0. The van der Waals surface area contributed by atoms with Gasteiger partial charge in [-0.15, -0.1) is 0 Å². The Morgan fingerprint density at radius 3 is 1.80 bits per heavy atom. The van der Waals surface area contributed by atoms with Gasteiger partial charge in [-0.05, 0) is 74.8 Å². The average molecular weight is 715 g/mol. The zero-order valence-corrected chi connectivity index (χ0v) is 30.0. The zero-order chi connectivity index (χ0) is 36.7. The van der Waals surface area contributed by atoms with Gasteiger partial charge >= 0.3 is 0 Å². The molecule has 0 saturated carbocycles. The van der Waals surface area contributed by atoms with Crippen LogP contribution in [0.2, 0.25) is 0 Å². The van der Waals surface area contributed by atoms with E-state index in [9.17, 15) is 0 Å². The first-order valence-corrected chi connectivity index (χ1v) is 18.8. The fourth-order valence-electron chi connectivity index (χ4n) is 8.53. The Morgan fingerprint density at radius 1 is 0.339 bits per heavy atom. The van der Waals surface area contributed by atoms with Crippen LogP contribution >= 0.6 is 0 Å². The SMILES string of the molecule is c1ccc2cc(-c3nc(-c4cc5oc6ccccc6c5cc4-n4c5ccccc5c5cc6ccccc6cc54)nc(-c4cccc5ccccc45)n3)ccc2c1. The van der Waals surface area contributed by atoms with Crippen molar-refractivity contribution in [2.24, 2.45) is 0 Å². The van der Waals surface area contributed by atoms with Crippen LogP contribution in [0.1, 0.15) is 0 Å². The molecule has 12 rings (SSSR count). The van der Waals surface area contributed by atoms with E-state index in [2.05, 4.69) is 174 Å². The first-order chi connectivity index (χ1) is 27.7. The summed E-state index contributed by atoms with van der Waals surface area (Å²) in [5.41, 5.74) is 7.49. The third-order valence-electron chi connectivity index (χ3n) is 11.2. The maximum atomic E-state index is 6.57. The summed E-state index contributed by atoms with van der Waals surface area (Å²) in [6.45, 7) is 0. The van der Waals surface area contributed by atoms with Crippen molar-refractivity contribution in [1.82, 2.24) is 19.5 Å². The lowest BCUT2D eigenvalue weighted by Gasteiger charge is -2.16. The summed E-state index contributed by atoms with van der Waals surface area (Å²) < 4.78 is 8.95. The van der Waals surface area contributed by atoms with Crippen molar-refractivity contribution in [3.8, 4) is 39.9 Å². The van der Waals surface area contributed by atoms with Crippen molar-refractivity contribution in [1.29, 1.82) is 0 Å². The molecule has 0 fully saturated rings. The summed E-state index contributed by atoms with van der Waals surface area (Å²) in [5, 5.41) is 11.3. The molecule has 260 valence electrons. The number of nitrogens with zero attached hydrogens (tertiary/aromatic N) is 4. The molecule has 0 aliphatic heterocycles. The van der Waals surface area contributed by atoms with Crippen molar-refractivity contribution in [2.45, 2.75) is 0 Å². The first kappa shape index (κ1) is 30.8. The van der Waals surface area contributed by atoms with Gasteiger partial charge in [0.05, 0.1) is 16.7 Å². The number of benzene rings is 9. The van der Waals surface area contributed by atoms with Gasteiger partial charge in [-0.2, -0.15) is 0 Å². The highest BCUT2D eigenvalue weighted by Gasteiger charge is 2.23. The number of furan rings is 1. The molecule has 0 aliphatic rings. The normalized spacial score (nSPS) is 11.9. The number of rotatable bonds is 4. The Hall–Kier alpha value is -7.63. The van der Waals surface area contributed by atoms with Crippen LogP contribution in [-0.2, 0) is 0 Å². The second-order valence-electron chi connectivity index (χ2n) is 14.4. The Bertz CT molecular complexity index is 3550. The molecule has 0 radical (unpaired) electrons. The monoisotopic (exact) mass is 714 g/mol. The van der Waals surface area contributed by atoms with E-state index < -0.39 is 0 Å². The van der Waals surface area contributed by atoms with Gasteiger partial charge in [0.15, 0.2) is 17.5 Å². The summed E-state index contributed by atoms with van der Waals surface area (Å²) in [6, 6.07) is 64.0. The largest absolute Gasteiger partial charge is 0.456 e. The van der Waals surface area contributed by atoms with Crippen molar-refractivity contribution in [3.63, 3.8) is 0 Å². The Kier molecular flexibility index (Phi) is 6.56. The molecule has 0 unspecified atom stereocenters. The standard InChI is InChI=1S/C51H30N4O/c1-2-14-33-26-36(25-24-31(33)12-1)49-52-50(40-21-11-17-32-13-5-6-18-37(32)40)54-51(53-49)43-30-48-42(39-20-8-10-23-47(39)56-48)29-46(43)55-44-22-9-7-19-38(44)41-27-34-15-3-4-16-35(34)28-45(41)55/h1-30H. The molecule has 0 aliphatic carbocycles. The highest BCUT2D eigenvalue weighted by atomic mass is 16.3. The number of hydrogen-bond donors (Lipinski definition) is 0. The van der Waals surface area contributed by atoms with Crippen LogP contribution in [0.5, 0.6) is 0 Å². The molecule has 0 N–H and O–H groups in total. The number of hydrogen-bond acceptors (Lipinski definition) is 4. The van der Waals surface area contributed by atoms with Gasteiger partial charge in [-0.3, -0.25) is 0 Å². The number of fused-ring (bicyclic) bond motifs is 9. The molecule has 0 amide bonds. The highest BCUT2D eigenvalue weighted by molar-refractivity contribution is 6.15. The van der Waals surface area contributed by atoms with E-state index in [1.54, 1.807) is 0 Å². The smallest absolute Gasteiger partial charge is 0.166 e. The Balaban J connectivity index is 1.21. The highest BCUT2D eigenvalue weighted by Crippen LogP contribution is 2.42. The van der Waals surface area contributed by atoms with Crippen LogP contribution in [0, 0.1) is 0 Å². The van der Waals surface area contributed by atoms with E-state index >= 15 is 0 Å². The lowest BCUT2D eigenvalue weighted by molar-refractivity contribution is 0.669. The van der Waals surface area contributed by atoms with Gasteiger partial charge in [0.1, 0.15) is 11.2 Å². The van der Waals surface area contributed by atoms with E-state index in [4.69, 9.17) is 19.4 Å². The summed E-state index contributed by atoms with van der Waals surface area (Å²) in [6.07, 6.45) is 0. The van der Waals surface area contributed by atoms with E-state index in [0.717, 1.165) is 76.9 Å². The lowest BCUT2D eigenvalue weighted by Crippen LogP contribution is -2.04. The summed E-state index contributed by atoms with van der Waals surface area (Å²) in [5.74, 6) is 1.78. The van der Waals surface area contributed by atoms with Gasteiger partial charge in [-0.25, -0.2) is 15.0 Å². The van der Waals surface area contributed by atoms with Crippen molar-refractivity contribution < 1.29 is 4.42 Å². The number of para-hydroxylation sites is 2. The first-order valence-electron chi connectivity index (χ1n) is 18.8. The van der Waals surface area contributed by atoms with Crippen LogP contribution in [0.3, 0.4) is 0 Å². The molecule has 9 aromatic carbocycles. The van der Waals surface area contributed by atoms with Crippen LogP contribution in [0.15, 0.2) is 186 Å². The predicted molar refractivity (Wildman–Crippen MR) is 230 cm³/mol. The molecule has 0 atom stereocenters. The van der Waals surface area contributed by atoms with Crippen LogP contribution in [0.25, 0.3) is 116 Å². The summed E-state index contributed by atoms with van der Waals surface area (Å²) in [4.78, 5) is 16.0. The maximum Gasteiger partial charge on any atom is 0.166 e. The Morgan fingerprint density at radius 2 is 0.964 bits per heavy atom. The molecule has 12 aromatic rings. The van der Waals surface area contributed by atoms with Crippen LogP contribution < -0.4 is 0 Å². The summed E-state index contributed by atoms with van der Waals surface area (Å²) >= 11 is 0. The van der Waals surface area contributed by atoms with Gasteiger partial charge in [0.2, 0.25) is 0 Å². The molecule has 0 spiro atoms. The molecular formula is C51H30N4O. The second-order valence-corrected chi connectivity index (χ2v) is 14.4. The van der Waals surface area contributed by atoms with E-state index in [-0.39, 0.29) is 0 Å². The lowest BCUT2D eigenvalue weighted by atomic mass is 10.0. The maximum absolute atomic E-state index is 6.57. The molecule has 0 bridgehead atoms. The van der Waals surface area contributed by atoms with E-state index in [1.165, 1.54) is 21.5 Å². The van der Waals surface area contributed by atoms with Crippen LogP contribution in [0.4, 0.5) is 0 Å². The third kappa shape index (κ3) is 4.71. The molecule has 3 aromatic heterocycles. The average Bonchev–Trinajstić information content (AvgIpc) is 3.79. The predicted octanol–water partition coefficient (Wildman–Crippen LogP) is 13.3. The topological polar surface area (TPSA) is 56.7 Å². The van der Waals surface area contributed by atoms with Crippen molar-refractivity contribution in [2.75, 3.05) is 0 Å². The van der Waals surface area contributed by atoms with Crippen molar-refractivity contribution >= 4 is 76.1 Å². The van der Waals surface area contributed by atoms with Gasteiger partial charge in [0.25, 0.3) is 0 Å². The summed E-state index contributed by atoms with van der Waals surface area (Å²) in [7, 11) is 0. The van der Waals surface area contributed by atoms with E-state index in [0.29, 0.717) is 17.5 Å². The zero-order valence-electron chi connectivity index (χ0n) is 30.0. The van der Waals surface area contributed by atoms with Gasteiger partial charge in [-0.1, -0.05) is 140 Å².